The van der Waals surface area contributed by atoms with E-state index >= 15 is 0 Å². The monoisotopic (exact) mass is 445 g/mol. The molecule has 160 valence electrons. The van der Waals surface area contributed by atoms with Gasteiger partial charge in [0.25, 0.3) is 0 Å². The number of aromatic nitrogens is 1. The highest BCUT2D eigenvalue weighted by Gasteiger charge is 2.29. The standard InChI is InChI=1S/C22H27N3O3S2/c1-4-10-25-20-9-8-18(15-21(20)29-22(25)26)30(27,28)24-13-11-23(12-14-24)19-7-5-6-16(2)17(19)3/h5-9,15H,4,10-14H2,1-3H3. The van der Waals surface area contributed by atoms with Gasteiger partial charge in [-0.2, -0.15) is 4.31 Å². The van der Waals surface area contributed by atoms with Crippen LogP contribution < -0.4 is 9.77 Å². The van der Waals surface area contributed by atoms with Gasteiger partial charge in [-0.05, 0) is 55.7 Å². The number of aryl methyl sites for hydroxylation is 2. The molecule has 0 saturated carbocycles. The fourth-order valence-corrected chi connectivity index (χ4v) is 6.52. The van der Waals surface area contributed by atoms with Crippen LogP contribution in [0.4, 0.5) is 5.69 Å². The fraction of sp³-hybridized carbons (Fsp3) is 0.409. The third kappa shape index (κ3) is 3.68. The van der Waals surface area contributed by atoms with E-state index in [9.17, 15) is 13.2 Å². The van der Waals surface area contributed by atoms with E-state index in [1.807, 2.05) is 13.0 Å². The lowest BCUT2D eigenvalue weighted by molar-refractivity contribution is 0.385. The van der Waals surface area contributed by atoms with Gasteiger partial charge in [0.05, 0.1) is 15.1 Å². The third-order valence-electron chi connectivity index (χ3n) is 5.88. The summed E-state index contributed by atoms with van der Waals surface area (Å²) >= 11 is 1.11. The molecule has 0 atom stereocenters. The molecule has 1 aromatic heterocycles. The molecule has 2 aromatic carbocycles. The van der Waals surface area contributed by atoms with Crippen molar-refractivity contribution >= 4 is 37.3 Å². The molecule has 8 heteroatoms. The molecule has 30 heavy (non-hydrogen) atoms. The molecular formula is C22H27N3O3S2. The van der Waals surface area contributed by atoms with E-state index in [4.69, 9.17) is 0 Å². The van der Waals surface area contributed by atoms with Crippen molar-refractivity contribution in [1.29, 1.82) is 0 Å². The summed E-state index contributed by atoms with van der Waals surface area (Å²) in [6.45, 7) is 9.08. The lowest BCUT2D eigenvalue weighted by atomic mass is 10.1. The number of anilines is 1. The van der Waals surface area contributed by atoms with Crippen LogP contribution in [-0.4, -0.2) is 43.5 Å². The van der Waals surface area contributed by atoms with Crippen LogP contribution in [0.15, 0.2) is 46.1 Å². The lowest BCUT2D eigenvalue weighted by Gasteiger charge is -2.36. The number of hydrogen-bond acceptors (Lipinski definition) is 5. The van der Waals surface area contributed by atoms with Gasteiger partial charge in [-0.3, -0.25) is 9.36 Å². The summed E-state index contributed by atoms with van der Waals surface area (Å²) in [5, 5.41) is 0. The van der Waals surface area contributed by atoms with Crippen molar-refractivity contribution < 1.29 is 8.42 Å². The Kier molecular flexibility index (Phi) is 5.74. The second-order valence-corrected chi connectivity index (χ2v) is 10.7. The van der Waals surface area contributed by atoms with E-state index in [0.29, 0.717) is 32.7 Å². The van der Waals surface area contributed by atoms with Crippen molar-refractivity contribution in [2.75, 3.05) is 31.1 Å². The van der Waals surface area contributed by atoms with Gasteiger partial charge in [0.1, 0.15) is 0 Å². The van der Waals surface area contributed by atoms with Crippen LogP contribution in [0.1, 0.15) is 24.5 Å². The third-order valence-corrected chi connectivity index (χ3v) is 8.72. The minimum absolute atomic E-state index is 0.0384. The number of nitrogens with zero attached hydrogens (tertiary/aromatic N) is 3. The van der Waals surface area contributed by atoms with Crippen LogP contribution in [0.25, 0.3) is 10.2 Å². The Morgan fingerprint density at radius 1 is 1.03 bits per heavy atom. The minimum atomic E-state index is -3.59. The largest absolute Gasteiger partial charge is 0.369 e. The van der Waals surface area contributed by atoms with Crippen LogP contribution in [0.2, 0.25) is 0 Å². The highest BCUT2D eigenvalue weighted by molar-refractivity contribution is 7.89. The SMILES string of the molecule is CCCn1c(=O)sc2cc(S(=O)(=O)N3CCN(c4cccc(C)c4C)CC3)ccc21. The summed E-state index contributed by atoms with van der Waals surface area (Å²) in [6, 6.07) is 11.3. The van der Waals surface area contributed by atoms with Gasteiger partial charge in [0, 0.05) is 38.4 Å². The smallest absolute Gasteiger partial charge is 0.308 e. The first-order valence-corrected chi connectivity index (χ1v) is 12.5. The average molecular weight is 446 g/mol. The molecule has 0 amide bonds. The quantitative estimate of drug-likeness (QED) is 0.602. The van der Waals surface area contributed by atoms with Crippen molar-refractivity contribution in [3.05, 3.63) is 57.2 Å². The number of thiazole rings is 1. The van der Waals surface area contributed by atoms with E-state index in [1.165, 1.54) is 16.8 Å². The maximum atomic E-state index is 13.2. The first-order valence-electron chi connectivity index (χ1n) is 10.3. The summed E-state index contributed by atoms with van der Waals surface area (Å²) in [6.07, 6.45) is 0.858. The molecule has 3 aromatic rings. The molecule has 2 heterocycles. The van der Waals surface area contributed by atoms with Crippen molar-refractivity contribution in [2.24, 2.45) is 0 Å². The Labute approximate surface area is 181 Å². The Bertz CT molecular complexity index is 1240. The Hall–Kier alpha value is -2.16. The maximum Gasteiger partial charge on any atom is 0.308 e. The highest BCUT2D eigenvalue weighted by atomic mass is 32.2. The topological polar surface area (TPSA) is 62.6 Å². The molecule has 0 unspecified atom stereocenters. The van der Waals surface area contributed by atoms with Crippen LogP contribution >= 0.6 is 11.3 Å². The normalized spacial score (nSPS) is 15.8. The van der Waals surface area contributed by atoms with E-state index < -0.39 is 10.0 Å². The summed E-state index contributed by atoms with van der Waals surface area (Å²) in [4.78, 5) is 14.7. The Morgan fingerprint density at radius 3 is 2.47 bits per heavy atom. The molecule has 1 fully saturated rings. The van der Waals surface area contributed by atoms with Gasteiger partial charge in [0.15, 0.2) is 0 Å². The van der Waals surface area contributed by atoms with Crippen molar-refractivity contribution in [1.82, 2.24) is 8.87 Å². The molecule has 0 radical (unpaired) electrons. The summed E-state index contributed by atoms with van der Waals surface area (Å²) in [5.41, 5.74) is 4.47. The predicted octanol–water partition coefficient (Wildman–Crippen LogP) is 3.60. The molecule has 1 saturated heterocycles. The summed E-state index contributed by atoms with van der Waals surface area (Å²) in [7, 11) is -3.59. The number of rotatable bonds is 5. The number of piperazine rings is 1. The van der Waals surface area contributed by atoms with Crippen LogP contribution in [0.3, 0.4) is 0 Å². The molecule has 1 aliphatic heterocycles. The lowest BCUT2D eigenvalue weighted by Crippen LogP contribution is -2.48. The number of benzene rings is 2. The summed E-state index contributed by atoms with van der Waals surface area (Å²) < 4.78 is 30.5. The predicted molar refractivity (Wildman–Crippen MR) is 123 cm³/mol. The Balaban J connectivity index is 1.56. The van der Waals surface area contributed by atoms with Gasteiger partial charge in [-0.15, -0.1) is 0 Å². The highest BCUT2D eigenvalue weighted by Crippen LogP contribution is 2.27. The zero-order valence-electron chi connectivity index (χ0n) is 17.6. The van der Waals surface area contributed by atoms with Crippen LogP contribution in [-0.2, 0) is 16.6 Å². The zero-order valence-corrected chi connectivity index (χ0v) is 19.2. The van der Waals surface area contributed by atoms with Crippen LogP contribution in [0, 0.1) is 13.8 Å². The van der Waals surface area contributed by atoms with Crippen molar-refractivity contribution in [3.63, 3.8) is 0 Å². The molecule has 0 aliphatic carbocycles. The second kappa shape index (κ2) is 8.17. The van der Waals surface area contributed by atoms with E-state index in [1.54, 1.807) is 27.1 Å². The van der Waals surface area contributed by atoms with Gasteiger partial charge in [0.2, 0.25) is 10.0 Å². The average Bonchev–Trinajstić information content (AvgIpc) is 3.05. The van der Waals surface area contributed by atoms with Crippen molar-refractivity contribution in [2.45, 2.75) is 38.6 Å². The molecule has 0 bridgehead atoms. The van der Waals surface area contributed by atoms with Crippen LogP contribution in [0.5, 0.6) is 0 Å². The molecular weight excluding hydrogens is 418 g/mol. The number of fused-ring (bicyclic) bond motifs is 1. The minimum Gasteiger partial charge on any atom is -0.369 e. The first kappa shape index (κ1) is 21.1. The van der Waals surface area contributed by atoms with Gasteiger partial charge >= 0.3 is 4.87 Å². The molecule has 4 rings (SSSR count). The molecule has 0 N–H and O–H groups in total. The van der Waals surface area contributed by atoms with E-state index in [2.05, 4.69) is 30.9 Å². The van der Waals surface area contributed by atoms with Crippen molar-refractivity contribution in [3.8, 4) is 0 Å². The second-order valence-electron chi connectivity index (χ2n) is 7.76. The molecule has 6 nitrogen and oxygen atoms in total. The number of sulfonamides is 1. The van der Waals surface area contributed by atoms with E-state index in [-0.39, 0.29) is 9.77 Å². The maximum absolute atomic E-state index is 13.2. The first-order chi connectivity index (χ1) is 14.3. The van der Waals surface area contributed by atoms with Gasteiger partial charge in [-0.1, -0.05) is 30.4 Å². The fourth-order valence-electron chi connectivity index (χ4n) is 4.04. The molecule has 1 aliphatic rings. The Morgan fingerprint density at radius 2 is 1.77 bits per heavy atom. The van der Waals surface area contributed by atoms with Gasteiger partial charge in [-0.25, -0.2) is 8.42 Å². The number of hydrogen-bond donors (Lipinski definition) is 0. The summed E-state index contributed by atoms with van der Waals surface area (Å²) in [5.74, 6) is 0. The van der Waals surface area contributed by atoms with Gasteiger partial charge < -0.3 is 4.90 Å². The van der Waals surface area contributed by atoms with E-state index in [0.717, 1.165) is 28.0 Å². The zero-order chi connectivity index (χ0) is 21.5. The molecule has 0 spiro atoms.